The van der Waals surface area contributed by atoms with E-state index < -0.39 is 5.41 Å². The van der Waals surface area contributed by atoms with Crippen molar-refractivity contribution in [2.24, 2.45) is 5.41 Å². The molecule has 0 aliphatic rings. The number of allylic oxidation sites excluding steroid dienone is 6. The quantitative estimate of drug-likeness (QED) is 0.0262. The maximum absolute atomic E-state index is 12.9. The highest BCUT2D eigenvalue weighted by Crippen LogP contribution is 2.26. The van der Waals surface area contributed by atoms with Crippen molar-refractivity contribution in [3.63, 3.8) is 0 Å². The molecular formula is C60H110O6. The fraction of sp³-hybridized carbons (Fsp3) is 0.850. The third-order valence-electron chi connectivity index (χ3n) is 13.3. The van der Waals surface area contributed by atoms with Crippen LogP contribution in [0.25, 0.3) is 0 Å². The predicted octanol–water partition coefficient (Wildman–Crippen LogP) is 19.1. The van der Waals surface area contributed by atoms with Crippen LogP contribution in [-0.2, 0) is 28.6 Å². The van der Waals surface area contributed by atoms with Gasteiger partial charge in [-0.15, -0.1) is 0 Å². The van der Waals surface area contributed by atoms with Gasteiger partial charge in [-0.25, -0.2) is 0 Å². The molecule has 0 aromatic carbocycles. The van der Waals surface area contributed by atoms with Crippen molar-refractivity contribution in [1.29, 1.82) is 0 Å². The molecule has 6 nitrogen and oxygen atoms in total. The molecule has 0 fully saturated rings. The lowest BCUT2D eigenvalue weighted by atomic mass is 9.88. The molecule has 0 heterocycles. The second-order valence-electron chi connectivity index (χ2n) is 19.8. The van der Waals surface area contributed by atoms with Crippen LogP contribution >= 0.6 is 0 Å². The van der Waals surface area contributed by atoms with E-state index in [9.17, 15) is 14.4 Å². The Morgan fingerprint density at radius 2 is 0.485 bits per heavy atom. The molecule has 0 aliphatic carbocycles. The lowest BCUT2D eigenvalue weighted by Crippen LogP contribution is -2.39. The SMILES string of the molecule is CCCCCCCC/C=C\CCCCCCCC(=O)OCC(CC)(COC(=O)CCCCCCC/C=C/CCCCCCCC)COC(=O)CCCCCCC/C=C/CCCCCCCC. The van der Waals surface area contributed by atoms with Crippen molar-refractivity contribution in [2.75, 3.05) is 19.8 Å². The standard InChI is InChI=1S/C60H110O6/c1-5-9-12-15-18-21-24-27-30-33-36-39-42-45-48-51-57(61)64-54-60(8-4,55-65-58(62)52-49-46-43-40-37-34-31-28-25-22-19-16-13-10-6-2)56-66-59(63)53-50-47-44-41-38-35-32-29-26-23-20-17-14-11-7-3/h27-32H,5-26,33-56H2,1-4H3/b30-27-,31-28+,32-29+. The number of carbonyl (C=O) groups excluding carboxylic acids is 3. The van der Waals surface area contributed by atoms with Gasteiger partial charge in [-0.3, -0.25) is 14.4 Å². The first kappa shape index (κ1) is 63.6. The zero-order valence-corrected chi connectivity index (χ0v) is 44.4. The second kappa shape index (κ2) is 52.0. The minimum absolute atomic E-state index is 0.0782. The summed E-state index contributed by atoms with van der Waals surface area (Å²) >= 11 is 0. The van der Waals surface area contributed by atoms with Crippen LogP contribution in [-0.4, -0.2) is 37.7 Å². The highest BCUT2D eigenvalue weighted by molar-refractivity contribution is 5.70. The average Bonchev–Trinajstić information content (AvgIpc) is 3.32. The lowest BCUT2D eigenvalue weighted by molar-refractivity contribution is -0.162. The van der Waals surface area contributed by atoms with Gasteiger partial charge in [-0.05, 0) is 103 Å². The second-order valence-corrected chi connectivity index (χ2v) is 19.8. The summed E-state index contributed by atoms with van der Waals surface area (Å²) < 4.78 is 17.5. The largest absolute Gasteiger partial charge is 0.465 e. The Balaban J connectivity index is 4.62. The van der Waals surface area contributed by atoms with Crippen LogP contribution in [0, 0.1) is 5.41 Å². The van der Waals surface area contributed by atoms with Crippen LogP contribution < -0.4 is 0 Å². The number of ether oxygens (including phenoxy) is 3. The van der Waals surface area contributed by atoms with Gasteiger partial charge in [0.05, 0.1) is 5.41 Å². The van der Waals surface area contributed by atoms with Crippen molar-refractivity contribution in [3.8, 4) is 0 Å². The Morgan fingerprint density at radius 3 is 0.697 bits per heavy atom. The minimum atomic E-state index is -0.755. The molecule has 0 radical (unpaired) electrons. The number of esters is 3. The number of hydrogen-bond donors (Lipinski definition) is 0. The van der Waals surface area contributed by atoms with E-state index >= 15 is 0 Å². The first-order valence-electron chi connectivity index (χ1n) is 28.8. The van der Waals surface area contributed by atoms with Crippen molar-refractivity contribution >= 4 is 17.9 Å². The molecule has 0 saturated heterocycles. The molecule has 0 N–H and O–H groups in total. The molecule has 0 spiro atoms. The predicted molar refractivity (Wildman–Crippen MR) is 284 cm³/mol. The van der Waals surface area contributed by atoms with E-state index in [2.05, 4.69) is 57.2 Å². The number of unbranched alkanes of at least 4 members (excludes halogenated alkanes) is 33. The van der Waals surface area contributed by atoms with Gasteiger partial charge in [0.1, 0.15) is 19.8 Å². The van der Waals surface area contributed by atoms with Gasteiger partial charge in [-0.1, -0.05) is 218 Å². The first-order valence-corrected chi connectivity index (χ1v) is 28.8. The molecule has 0 atom stereocenters. The van der Waals surface area contributed by atoms with Gasteiger partial charge >= 0.3 is 17.9 Å². The van der Waals surface area contributed by atoms with Crippen LogP contribution in [0.4, 0.5) is 0 Å². The molecular weight excluding hydrogens is 817 g/mol. The maximum atomic E-state index is 12.9. The molecule has 0 aromatic heterocycles. The smallest absolute Gasteiger partial charge is 0.305 e. The fourth-order valence-corrected chi connectivity index (χ4v) is 8.37. The van der Waals surface area contributed by atoms with E-state index in [1.165, 1.54) is 173 Å². The Morgan fingerprint density at radius 1 is 0.288 bits per heavy atom. The summed E-state index contributed by atoms with van der Waals surface area (Å²) in [6.07, 6.45) is 63.0. The zero-order valence-electron chi connectivity index (χ0n) is 44.4. The number of hydrogen-bond acceptors (Lipinski definition) is 6. The van der Waals surface area contributed by atoms with E-state index in [-0.39, 0.29) is 37.7 Å². The minimum Gasteiger partial charge on any atom is -0.465 e. The lowest BCUT2D eigenvalue weighted by Gasteiger charge is -2.31. The Hall–Kier alpha value is -2.37. The summed E-state index contributed by atoms with van der Waals surface area (Å²) in [5.74, 6) is -0.695. The summed E-state index contributed by atoms with van der Waals surface area (Å²) in [4.78, 5) is 38.7. The molecule has 0 bridgehead atoms. The Kier molecular flexibility index (Phi) is 50.1. The van der Waals surface area contributed by atoms with E-state index in [1.807, 2.05) is 6.92 Å². The monoisotopic (exact) mass is 927 g/mol. The topological polar surface area (TPSA) is 78.9 Å². The van der Waals surface area contributed by atoms with Crippen molar-refractivity contribution in [1.82, 2.24) is 0 Å². The maximum Gasteiger partial charge on any atom is 0.305 e. The Labute approximate surface area is 410 Å². The van der Waals surface area contributed by atoms with Crippen molar-refractivity contribution in [3.05, 3.63) is 36.5 Å². The summed E-state index contributed by atoms with van der Waals surface area (Å²) in [5, 5.41) is 0. The van der Waals surface area contributed by atoms with Gasteiger partial charge in [0, 0.05) is 19.3 Å². The highest BCUT2D eigenvalue weighted by Gasteiger charge is 2.34. The van der Waals surface area contributed by atoms with Gasteiger partial charge < -0.3 is 14.2 Å². The fourth-order valence-electron chi connectivity index (χ4n) is 8.37. The molecule has 0 unspecified atom stereocenters. The van der Waals surface area contributed by atoms with E-state index in [0.29, 0.717) is 25.7 Å². The van der Waals surface area contributed by atoms with Crippen LogP contribution in [0.3, 0.4) is 0 Å². The highest BCUT2D eigenvalue weighted by atomic mass is 16.6. The van der Waals surface area contributed by atoms with Gasteiger partial charge in [0.2, 0.25) is 0 Å². The van der Waals surface area contributed by atoms with Crippen LogP contribution in [0.15, 0.2) is 36.5 Å². The third kappa shape index (κ3) is 46.7. The first-order chi connectivity index (χ1) is 32.4. The molecule has 0 aromatic rings. The third-order valence-corrected chi connectivity index (χ3v) is 13.3. The molecule has 0 saturated carbocycles. The normalized spacial score (nSPS) is 12.0. The van der Waals surface area contributed by atoms with Crippen LogP contribution in [0.2, 0.25) is 0 Å². The molecule has 0 rings (SSSR count). The average molecular weight is 928 g/mol. The van der Waals surface area contributed by atoms with E-state index in [1.54, 1.807) is 0 Å². The summed E-state index contributed by atoms with van der Waals surface area (Å²) in [5.41, 5.74) is -0.755. The van der Waals surface area contributed by atoms with Crippen LogP contribution in [0.1, 0.15) is 304 Å². The van der Waals surface area contributed by atoms with Crippen molar-refractivity contribution < 1.29 is 28.6 Å². The van der Waals surface area contributed by atoms with Crippen molar-refractivity contribution in [2.45, 2.75) is 304 Å². The Bertz CT molecular complexity index is 1000. The molecule has 6 heteroatoms. The molecule has 0 aliphatic heterocycles. The number of carbonyl (C=O) groups is 3. The molecule has 66 heavy (non-hydrogen) atoms. The van der Waals surface area contributed by atoms with Gasteiger partial charge in [-0.2, -0.15) is 0 Å². The summed E-state index contributed by atoms with van der Waals surface area (Å²) in [7, 11) is 0. The van der Waals surface area contributed by atoms with Gasteiger partial charge in [0.25, 0.3) is 0 Å². The zero-order chi connectivity index (χ0) is 48.1. The molecule has 0 amide bonds. The molecule has 386 valence electrons. The van der Waals surface area contributed by atoms with E-state index in [0.717, 1.165) is 77.0 Å². The van der Waals surface area contributed by atoms with Gasteiger partial charge in [0.15, 0.2) is 0 Å². The summed E-state index contributed by atoms with van der Waals surface area (Å²) in [6, 6.07) is 0. The van der Waals surface area contributed by atoms with E-state index in [4.69, 9.17) is 14.2 Å². The van der Waals surface area contributed by atoms with Crippen LogP contribution in [0.5, 0.6) is 0 Å². The summed E-state index contributed by atoms with van der Waals surface area (Å²) in [6.45, 7) is 9.02. The number of rotatable bonds is 52.